The third-order valence-electron chi connectivity index (χ3n) is 4.79. The quantitative estimate of drug-likeness (QED) is 0.243. The fourth-order valence-electron chi connectivity index (χ4n) is 3.23. The van der Waals surface area contributed by atoms with Crippen molar-refractivity contribution in [1.82, 2.24) is 0 Å². The molecule has 3 aromatic rings. The summed E-state index contributed by atoms with van der Waals surface area (Å²) in [5.74, 6) is 1.68. The number of aryl methyl sites for hydroxylation is 1. The van der Waals surface area contributed by atoms with E-state index in [2.05, 4.69) is 6.92 Å². The van der Waals surface area contributed by atoms with Gasteiger partial charge in [0.15, 0.2) is 11.5 Å². The highest BCUT2D eigenvalue weighted by molar-refractivity contribution is 5.82. The summed E-state index contributed by atoms with van der Waals surface area (Å²) in [4.78, 5) is 23.1. The number of carbonyl (C=O) groups is 1. The number of unbranched alkanes of at least 4 members (excludes halogenated alkanes) is 3. The number of fused-ring (bicyclic) bond motifs is 1. The van der Waals surface area contributed by atoms with Crippen LogP contribution in [-0.4, -0.2) is 20.0 Å². The molecule has 3 rings (SSSR count). The van der Waals surface area contributed by atoms with Crippen molar-refractivity contribution in [3.05, 3.63) is 57.9 Å². The van der Waals surface area contributed by atoms with Gasteiger partial charge in [-0.2, -0.15) is 0 Å². The van der Waals surface area contributed by atoms with E-state index in [1.54, 1.807) is 24.3 Å². The lowest BCUT2D eigenvalue weighted by molar-refractivity contribution is 0.112. The van der Waals surface area contributed by atoms with Gasteiger partial charge in [0, 0.05) is 23.1 Å². The van der Waals surface area contributed by atoms with Crippen LogP contribution in [0.25, 0.3) is 11.0 Å². The van der Waals surface area contributed by atoms with E-state index in [0.717, 1.165) is 42.9 Å². The first kappa shape index (κ1) is 21.4. The average molecular weight is 410 g/mol. The molecule has 2 aromatic carbocycles. The average Bonchev–Trinajstić information content (AvgIpc) is 2.73. The predicted octanol–water partition coefficient (Wildman–Crippen LogP) is 5.67. The van der Waals surface area contributed by atoms with Crippen molar-refractivity contribution in [2.24, 2.45) is 0 Å². The molecule has 1 heterocycles. The number of benzene rings is 2. The van der Waals surface area contributed by atoms with Crippen molar-refractivity contribution in [2.45, 2.75) is 39.5 Å². The van der Waals surface area contributed by atoms with Crippen LogP contribution < -0.4 is 19.8 Å². The number of hydrogen-bond acceptors (Lipinski definition) is 6. The Morgan fingerprint density at radius 3 is 2.57 bits per heavy atom. The lowest BCUT2D eigenvalue weighted by Gasteiger charge is -2.16. The molecule has 6 heteroatoms. The number of hydrogen-bond donors (Lipinski definition) is 0. The van der Waals surface area contributed by atoms with Crippen LogP contribution in [0.4, 0.5) is 0 Å². The zero-order chi connectivity index (χ0) is 21.5. The van der Waals surface area contributed by atoms with Crippen LogP contribution in [0.15, 0.2) is 45.6 Å². The summed E-state index contributed by atoms with van der Waals surface area (Å²) in [6.45, 7) is 4.52. The molecule has 0 saturated carbocycles. The summed E-state index contributed by atoms with van der Waals surface area (Å²) in [7, 11) is 1.52. The molecule has 0 radical (unpaired) electrons. The minimum absolute atomic E-state index is 0.362. The van der Waals surface area contributed by atoms with Crippen LogP contribution >= 0.6 is 0 Å². The van der Waals surface area contributed by atoms with Crippen LogP contribution in [0.2, 0.25) is 0 Å². The van der Waals surface area contributed by atoms with Crippen molar-refractivity contribution >= 4 is 17.3 Å². The fourth-order valence-corrected chi connectivity index (χ4v) is 3.23. The first-order chi connectivity index (χ1) is 14.5. The van der Waals surface area contributed by atoms with E-state index in [1.807, 2.05) is 13.0 Å². The summed E-state index contributed by atoms with van der Waals surface area (Å²) in [6, 6.07) is 9.92. The zero-order valence-corrected chi connectivity index (χ0v) is 17.5. The molecule has 1 aromatic heterocycles. The van der Waals surface area contributed by atoms with E-state index in [0.29, 0.717) is 40.8 Å². The Morgan fingerprint density at radius 1 is 1.03 bits per heavy atom. The van der Waals surface area contributed by atoms with Crippen molar-refractivity contribution < 1.29 is 23.4 Å². The summed E-state index contributed by atoms with van der Waals surface area (Å²) in [6.07, 6.45) is 5.00. The van der Waals surface area contributed by atoms with E-state index in [4.69, 9.17) is 18.6 Å². The molecule has 0 atom stereocenters. The van der Waals surface area contributed by atoms with E-state index in [1.165, 1.54) is 13.2 Å². The zero-order valence-electron chi connectivity index (χ0n) is 17.5. The summed E-state index contributed by atoms with van der Waals surface area (Å²) >= 11 is 0. The maximum absolute atomic E-state index is 11.7. The number of rotatable bonds is 10. The second-order valence-electron chi connectivity index (χ2n) is 7.09. The standard InChI is InChI=1S/C24H26O6/c1-4-5-6-7-10-28-24-21(27-3)12-17(15-25)13-22(24)29-18-8-9-19-16(2)11-23(26)30-20(19)14-18/h8-9,11-15H,4-7,10H2,1-3H3. The molecule has 0 N–H and O–H groups in total. The lowest BCUT2D eigenvalue weighted by Crippen LogP contribution is -2.02. The Morgan fingerprint density at radius 2 is 1.83 bits per heavy atom. The molecular weight excluding hydrogens is 384 g/mol. The van der Waals surface area contributed by atoms with Gasteiger partial charge in [-0.25, -0.2) is 4.79 Å². The van der Waals surface area contributed by atoms with Gasteiger partial charge in [0.1, 0.15) is 17.6 Å². The second kappa shape index (κ2) is 9.96. The Labute approximate surface area is 175 Å². The first-order valence-electron chi connectivity index (χ1n) is 10.1. The predicted molar refractivity (Wildman–Crippen MR) is 115 cm³/mol. The van der Waals surface area contributed by atoms with Crippen molar-refractivity contribution in [3.63, 3.8) is 0 Å². The van der Waals surface area contributed by atoms with Crippen LogP contribution in [0.1, 0.15) is 48.5 Å². The van der Waals surface area contributed by atoms with Crippen molar-refractivity contribution in [1.29, 1.82) is 0 Å². The molecule has 0 bridgehead atoms. The van der Waals surface area contributed by atoms with Gasteiger partial charge >= 0.3 is 5.63 Å². The Bertz CT molecular complexity index is 1080. The summed E-state index contributed by atoms with van der Waals surface area (Å²) in [5, 5.41) is 0.827. The van der Waals surface area contributed by atoms with Gasteiger partial charge in [0.25, 0.3) is 0 Å². The highest BCUT2D eigenvalue weighted by Gasteiger charge is 2.16. The fraction of sp³-hybridized carbons (Fsp3) is 0.333. The van der Waals surface area contributed by atoms with Crippen LogP contribution in [0.3, 0.4) is 0 Å². The molecule has 0 aliphatic carbocycles. The Kier molecular flexibility index (Phi) is 7.12. The normalized spacial score (nSPS) is 10.8. The van der Waals surface area contributed by atoms with Gasteiger partial charge in [-0.3, -0.25) is 4.79 Å². The third kappa shape index (κ3) is 5.00. The molecule has 0 aliphatic heterocycles. The van der Waals surface area contributed by atoms with Crippen LogP contribution in [0, 0.1) is 6.92 Å². The molecule has 30 heavy (non-hydrogen) atoms. The number of carbonyl (C=O) groups excluding carboxylic acids is 1. The van der Waals surface area contributed by atoms with E-state index in [9.17, 15) is 9.59 Å². The highest BCUT2D eigenvalue weighted by Crippen LogP contribution is 2.41. The van der Waals surface area contributed by atoms with E-state index in [-0.39, 0.29) is 0 Å². The van der Waals surface area contributed by atoms with Gasteiger partial charge in [0.05, 0.1) is 13.7 Å². The Hall–Kier alpha value is -3.28. The van der Waals surface area contributed by atoms with Gasteiger partial charge in [0.2, 0.25) is 5.75 Å². The van der Waals surface area contributed by atoms with Gasteiger partial charge < -0.3 is 18.6 Å². The molecule has 0 unspecified atom stereocenters. The minimum atomic E-state index is -0.419. The van der Waals surface area contributed by atoms with Crippen molar-refractivity contribution in [2.75, 3.05) is 13.7 Å². The monoisotopic (exact) mass is 410 g/mol. The molecule has 0 spiro atoms. The number of ether oxygens (including phenoxy) is 3. The minimum Gasteiger partial charge on any atom is -0.493 e. The molecular formula is C24H26O6. The topological polar surface area (TPSA) is 75.0 Å². The van der Waals surface area contributed by atoms with Crippen LogP contribution in [-0.2, 0) is 0 Å². The smallest absolute Gasteiger partial charge is 0.336 e. The lowest BCUT2D eigenvalue weighted by atomic mass is 10.1. The first-order valence-corrected chi connectivity index (χ1v) is 10.1. The van der Waals surface area contributed by atoms with Crippen LogP contribution in [0.5, 0.6) is 23.0 Å². The van der Waals surface area contributed by atoms with Gasteiger partial charge in [-0.05, 0) is 43.2 Å². The van der Waals surface area contributed by atoms with Gasteiger partial charge in [-0.15, -0.1) is 0 Å². The van der Waals surface area contributed by atoms with E-state index < -0.39 is 5.63 Å². The molecule has 0 saturated heterocycles. The summed E-state index contributed by atoms with van der Waals surface area (Å²) < 4.78 is 22.7. The molecule has 0 amide bonds. The third-order valence-corrected chi connectivity index (χ3v) is 4.79. The maximum atomic E-state index is 11.7. The summed E-state index contributed by atoms with van der Waals surface area (Å²) in [5.41, 5.74) is 1.24. The second-order valence-corrected chi connectivity index (χ2v) is 7.09. The molecule has 158 valence electrons. The SMILES string of the molecule is CCCCCCOc1c(OC)cc(C=O)cc1Oc1ccc2c(C)cc(=O)oc2c1. The largest absolute Gasteiger partial charge is 0.493 e. The Balaban J connectivity index is 1.94. The molecule has 6 nitrogen and oxygen atoms in total. The van der Waals surface area contributed by atoms with E-state index >= 15 is 0 Å². The van der Waals surface area contributed by atoms with Crippen molar-refractivity contribution in [3.8, 4) is 23.0 Å². The number of methoxy groups -OCH3 is 1. The number of aldehydes is 1. The maximum Gasteiger partial charge on any atom is 0.336 e. The molecule has 0 aliphatic rings. The highest BCUT2D eigenvalue weighted by atomic mass is 16.5. The van der Waals surface area contributed by atoms with Gasteiger partial charge in [-0.1, -0.05) is 26.2 Å². The molecule has 0 fully saturated rings.